The highest BCUT2D eigenvalue weighted by Gasteiger charge is 2.27. The summed E-state index contributed by atoms with van der Waals surface area (Å²) in [5, 5.41) is 11.5. The highest BCUT2D eigenvalue weighted by Crippen LogP contribution is 2.28. The minimum Gasteiger partial charge on any atom is -0.506 e. The lowest BCUT2D eigenvalue weighted by Crippen LogP contribution is -2.42. The monoisotopic (exact) mass is 364 g/mol. The van der Waals surface area contributed by atoms with Gasteiger partial charge in [0.15, 0.2) is 0 Å². The van der Waals surface area contributed by atoms with Gasteiger partial charge in [-0.3, -0.25) is 4.79 Å². The van der Waals surface area contributed by atoms with Gasteiger partial charge in [-0.25, -0.2) is 4.98 Å². The van der Waals surface area contributed by atoms with E-state index in [4.69, 9.17) is 9.47 Å². The van der Waals surface area contributed by atoms with Crippen LogP contribution in [0.15, 0.2) is 54.7 Å². The summed E-state index contributed by atoms with van der Waals surface area (Å²) in [6.45, 7) is 1.45. The fraction of sp³-hybridized carbons (Fsp3) is 0.238. The predicted octanol–water partition coefficient (Wildman–Crippen LogP) is 3.16. The van der Waals surface area contributed by atoms with Crippen LogP contribution in [0.4, 0.5) is 0 Å². The second-order valence-corrected chi connectivity index (χ2v) is 6.48. The van der Waals surface area contributed by atoms with Crippen LogP contribution >= 0.6 is 0 Å². The molecule has 0 spiro atoms. The lowest BCUT2D eigenvalue weighted by Gasteiger charge is -2.33. The van der Waals surface area contributed by atoms with Gasteiger partial charge in [0.2, 0.25) is 0 Å². The Morgan fingerprint density at radius 3 is 2.78 bits per heavy atom. The molecular formula is C21H20N2O4. The van der Waals surface area contributed by atoms with Crippen molar-refractivity contribution in [2.45, 2.75) is 6.10 Å². The standard InChI is InChI=1S/C21H20N2O4/c1-26-18-6-4-14-10-16(3-2-15(14)11-18)20-13-23(8-9-27-20)21(25)19-7-5-17(24)12-22-19/h2-7,10-12,20,24H,8-9,13H2,1H3/t20-/m1/s1. The lowest BCUT2D eigenvalue weighted by atomic mass is 10.0. The first-order chi connectivity index (χ1) is 13.1. The van der Waals surface area contributed by atoms with Gasteiger partial charge in [-0.2, -0.15) is 0 Å². The van der Waals surface area contributed by atoms with Crippen molar-refractivity contribution in [3.63, 3.8) is 0 Å². The molecule has 6 heteroatoms. The smallest absolute Gasteiger partial charge is 0.272 e. The third-order valence-corrected chi connectivity index (χ3v) is 4.76. The molecule has 4 rings (SSSR count). The number of hydrogen-bond acceptors (Lipinski definition) is 5. The summed E-state index contributed by atoms with van der Waals surface area (Å²) < 4.78 is 11.2. The number of fused-ring (bicyclic) bond motifs is 1. The summed E-state index contributed by atoms with van der Waals surface area (Å²) in [5.41, 5.74) is 1.35. The van der Waals surface area contributed by atoms with Crippen LogP contribution in [-0.4, -0.2) is 47.7 Å². The Morgan fingerprint density at radius 1 is 1.19 bits per heavy atom. The molecule has 1 aromatic heterocycles. The Morgan fingerprint density at radius 2 is 2.00 bits per heavy atom. The van der Waals surface area contributed by atoms with E-state index in [1.165, 1.54) is 18.3 Å². The van der Waals surface area contributed by atoms with Crippen LogP contribution < -0.4 is 4.74 Å². The minimum absolute atomic E-state index is 0.0409. The lowest BCUT2D eigenvalue weighted by molar-refractivity contribution is -0.0229. The second kappa shape index (κ2) is 7.25. The predicted molar refractivity (Wildman–Crippen MR) is 101 cm³/mol. The first-order valence-electron chi connectivity index (χ1n) is 8.77. The Bertz CT molecular complexity index is 972. The number of methoxy groups -OCH3 is 1. The van der Waals surface area contributed by atoms with Gasteiger partial charge in [-0.15, -0.1) is 0 Å². The number of aromatic nitrogens is 1. The fourth-order valence-corrected chi connectivity index (χ4v) is 3.28. The molecule has 3 aromatic rings. The van der Waals surface area contributed by atoms with Crippen LogP contribution in [0.25, 0.3) is 10.8 Å². The van der Waals surface area contributed by atoms with E-state index in [1.807, 2.05) is 30.3 Å². The van der Waals surface area contributed by atoms with Crippen molar-refractivity contribution in [2.24, 2.45) is 0 Å². The third kappa shape index (κ3) is 3.57. The molecule has 0 unspecified atom stereocenters. The maximum atomic E-state index is 12.7. The van der Waals surface area contributed by atoms with Crippen LogP contribution in [-0.2, 0) is 4.74 Å². The number of ether oxygens (including phenoxy) is 2. The number of aromatic hydroxyl groups is 1. The van der Waals surface area contributed by atoms with E-state index in [-0.39, 0.29) is 17.8 Å². The summed E-state index contributed by atoms with van der Waals surface area (Å²) in [5.74, 6) is 0.704. The van der Waals surface area contributed by atoms with Crippen molar-refractivity contribution in [3.8, 4) is 11.5 Å². The Balaban J connectivity index is 1.54. The fourth-order valence-electron chi connectivity index (χ4n) is 3.28. The molecule has 1 saturated heterocycles. The minimum atomic E-state index is -0.189. The topological polar surface area (TPSA) is 71.9 Å². The molecule has 0 aliphatic carbocycles. The number of morpholine rings is 1. The molecular weight excluding hydrogens is 344 g/mol. The van der Waals surface area contributed by atoms with E-state index >= 15 is 0 Å². The quantitative estimate of drug-likeness (QED) is 0.773. The van der Waals surface area contributed by atoms with Gasteiger partial charge >= 0.3 is 0 Å². The number of hydrogen-bond donors (Lipinski definition) is 1. The SMILES string of the molecule is COc1ccc2cc([C@H]3CN(C(=O)c4ccc(O)cn4)CCO3)ccc2c1. The molecule has 0 bridgehead atoms. The Labute approximate surface area is 157 Å². The number of carbonyl (C=O) groups is 1. The normalized spacial score (nSPS) is 17.1. The van der Waals surface area contributed by atoms with Gasteiger partial charge in [0.1, 0.15) is 23.3 Å². The van der Waals surface area contributed by atoms with Gasteiger partial charge in [0.25, 0.3) is 5.91 Å². The third-order valence-electron chi connectivity index (χ3n) is 4.76. The maximum Gasteiger partial charge on any atom is 0.272 e. The molecule has 0 saturated carbocycles. The van der Waals surface area contributed by atoms with Crippen molar-refractivity contribution in [1.82, 2.24) is 9.88 Å². The van der Waals surface area contributed by atoms with E-state index in [0.29, 0.717) is 25.4 Å². The second-order valence-electron chi connectivity index (χ2n) is 6.48. The van der Waals surface area contributed by atoms with Gasteiger partial charge in [0, 0.05) is 6.54 Å². The Hall–Kier alpha value is -3.12. The first-order valence-corrected chi connectivity index (χ1v) is 8.77. The van der Waals surface area contributed by atoms with Crippen molar-refractivity contribution < 1.29 is 19.4 Å². The summed E-state index contributed by atoms with van der Waals surface area (Å²) in [6, 6.07) is 15.1. The molecule has 138 valence electrons. The van der Waals surface area contributed by atoms with Crippen molar-refractivity contribution in [2.75, 3.05) is 26.8 Å². The zero-order chi connectivity index (χ0) is 18.8. The average Bonchev–Trinajstić information content (AvgIpc) is 2.73. The molecule has 1 fully saturated rings. The van der Waals surface area contributed by atoms with Crippen molar-refractivity contribution in [3.05, 3.63) is 66.0 Å². The van der Waals surface area contributed by atoms with E-state index in [0.717, 1.165) is 22.1 Å². The number of carbonyl (C=O) groups excluding carboxylic acids is 1. The molecule has 1 aliphatic rings. The molecule has 6 nitrogen and oxygen atoms in total. The summed E-state index contributed by atoms with van der Waals surface area (Å²) >= 11 is 0. The zero-order valence-corrected chi connectivity index (χ0v) is 15.0. The summed E-state index contributed by atoms with van der Waals surface area (Å²) in [4.78, 5) is 18.4. The Kier molecular flexibility index (Phi) is 4.64. The number of pyridine rings is 1. The molecule has 1 N–H and O–H groups in total. The van der Waals surface area contributed by atoms with Gasteiger partial charge < -0.3 is 19.5 Å². The molecule has 1 atom stereocenters. The average molecular weight is 364 g/mol. The summed E-state index contributed by atoms with van der Waals surface area (Å²) in [7, 11) is 1.65. The summed E-state index contributed by atoms with van der Waals surface area (Å²) in [6.07, 6.45) is 1.09. The van der Waals surface area contributed by atoms with Gasteiger partial charge in [-0.1, -0.05) is 18.2 Å². The maximum absolute atomic E-state index is 12.7. The molecule has 27 heavy (non-hydrogen) atoms. The number of rotatable bonds is 3. The van der Waals surface area contributed by atoms with Gasteiger partial charge in [0.05, 0.1) is 26.5 Å². The van der Waals surface area contributed by atoms with Crippen LogP contribution in [0.3, 0.4) is 0 Å². The highest BCUT2D eigenvalue weighted by atomic mass is 16.5. The number of nitrogens with zero attached hydrogens (tertiary/aromatic N) is 2. The van der Waals surface area contributed by atoms with E-state index in [2.05, 4.69) is 11.1 Å². The van der Waals surface area contributed by atoms with E-state index in [9.17, 15) is 9.90 Å². The van der Waals surface area contributed by atoms with Crippen LogP contribution in [0, 0.1) is 0 Å². The van der Waals surface area contributed by atoms with Crippen LogP contribution in [0.5, 0.6) is 11.5 Å². The van der Waals surface area contributed by atoms with E-state index < -0.39 is 0 Å². The number of benzene rings is 2. The molecule has 1 aliphatic heterocycles. The van der Waals surface area contributed by atoms with Gasteiger partial charge in [-0.05, 0) is 46.7 Å². The number of amides is 1. The van der Waals surface area contributed by atoms with Crippen LogP contribution in [0.2, 0.25) is 0 Å². The molecule has 2 aromatic carbocycles. The van der Waals surface area contributed by atoms with Crippen molar-refractivity contribution >= 4 is 16.7 Å². The van der Waals surface area contributed by atoms with Crippen LogP contribution in [0.1, 0.15) is 22.2 Å². The largest absolute Gasteiger partial charge is 0.506 e. The molecule has 1 amide bonds. The first kappa shape index (κ1) is 17.3. The molecule has 0 radical (unpaired) electrons. The zero-order valence-electron chi connectivity index (χ0n) is 15.0. The van der Waals surface area contributed by atoms with E-state index in [1.54, 1.807) is 12.0 Å². The molecule has 2 heterocycles. The highest BCUT2D eigenvalue weighted by molar-refractivity contribution is 5.92. The van der Waals surface area contributed by atoms with Crippen molar-refractivity contribution in [1.29, 1.82) is 0 Å².